The van der Waals surface area contributed by atoms with Gasteiger partial charge in [0.1, 0.15) is 24.9 Å². The van der Waals surface area contributed by atoms with Gasteiger partial charge in [0, 0.05) is 28.7 Å². The lowest BCUT2D eigenvalue weighted by Crippen LogP contribution is -2.51. The van der Waals surface area contributed by atoms with Crippen molar-refractivity contribution in [3.8, 4) is 5.75 Å². The fraction of sp³-hybridized carbons (Fsp3) is 0.310. The Balaban J connectivity index is 1.85. The Morgan fingerprint density at radius 3 is 2.15 bits per heavy atom. The van der Waals surface area contributed by atoms with E-state index in [0.717, 1.165) is 22.5 Å². The Labute approximate surface area is 245 Å². The number of amides is 2. The van der Waals surface area contributed by atoms with E-state index in [1.807, 2.05) is 37.3 Å². The van der Waals surface area contributed by atoms with E-state index in [1.54, 1.807) is 49.4 Å². The van der Waals surface area contributed by atoms with Crippen LogP contribution in [0.1, 0.15) is 31.4 Å². The molecule has 0 bridgehead atoms. The highest BCUT2D eigenvalue weighted by molar-refractivity contribution is 7.92. The molecule has 3 aromatic rings. The molecule has 8 nitrogen and oxygen atoms in total. The number of ether oxygens (including phenoxy) is 1. The van der Waals surface area contributed by atoms with Crippen molar-refractivity contribution in [2.75, 3.05) is 23.7 Å². The first-order chi connectivity index (χ1) is 19.0. The molecule has 3 aromatic carbocycles. The smallest absolute Gasteiger partial charge is 0.244 e. The molecule has 0 aliphatic carbocycles. The molecule has 40 heavy (non-hydrogen) atoms. The van der Waals surface area contributed by atoms with Crippen LogP contribution in [0, 0.1) is 0 Å². The number of carbonyl (C=O) groups is 2. The van der Waals surface area contributed by atoms with E-state index in [0.29, 0.717) is 34.5 Å². The van der Waals surface area contributed by atoms with Crippen LogP contribution in [0.25, 0.3) is 0 Å². The average molecular weight is 607 g/mol. The van der Waals surface area contributed by atoms with E-state index in [4.69, 9.17) is 27.9 Å². The number of anilines is 1. The van der Waals surface area contributed by atoms with Gasteiger partial charge in [-0.25, -0.2) is 8.42 Å². The number of carbonyl (C=O) groups excluding carboxylic acids is 2. The van der Waals surface area contributed by atoms with Gasteiger partial charge in [-0.15, -0.1) is 0 Å². The molecule has 214 valence electrons. The number of rotatable bonds is 13. The molecule has 0 heterocycles. The fourth-order valence-electron chi connectivity index (χ4n) is 3.90. The Bertz CT molecular complexity index is 1380. The molecule has 0 aromatic heterocycles. The lowest BCUT2D eigenvalue weighted by atomic mass is 10.1. The highest BCUT2D eigenvalue weighted by atomic mass is 35.5. The Kier molecular flexibility index (Phi) is 11.2. The van der Waals surface area contributed by atoms with Crippen LogP contribution in [-0.4, -0.2) is 50.5 Å². The third kappa shape index (κ3) is 8.61. The number of sulfonamides is 1. The molecule has 0 saturated carbocycles. The normalized spacial score (nSPS) is 11.9. The van der Waals surface area contributed by atoms with Gasteiger partial charge >= 0.3 is 0 Å². The van der Waals surface area contributed by atoms with Crippen molar-refractivity contribution in [2.45, 2.75) is 39.5 Å². The van der Waals surface area contributed by atoms with E-state index in [1.165, 1.54) is 4.90 Å². The first kappa shape index (κ1) is 31.3. The third-order valence-corrected chi connectivity index (χ3v) is 8.01. The second kappa shape index (κ2) is 14.4. The molecule has 1 atom stereocenters. The molecule has 0 aliphatic rings. The summed E-state index contributed by atoms with van der Waals surface area (Å²) >= 11 is 12.7. The SMILES string of the molecule is CCCNC(=O)[C@H](C)N(Cc1c(Cl)cccc1Cl)C(=O)CN(c1ccc(OCc2ccccc2)cc1)S(C)(=O)=O. The largest absolute Gasteiger partial charge is 0.489 e. The first-order valence-corrected chi connectivity index (χ1v) is 15.4. The second-order valence-corrected chi connectivity index (χ2v) is 11.9. The Hall–Kier alpha value is -3.27. The molecule has 0 fully saturated rings. The van der Waals surface area contributed by atoms with Crippen LogP contribution in [0.15, 0.2) is 72.8 Å². The molecular formula is C29H33Cl2N3O5S. The van der Waals surface area contributed by atoms with E-state index in [9.17, 15) is 18.0 Å². The van der Waals surface area contributed by atoms with Gasteiger partial charge in [0.15, 0.2) is 0 Å². The molecule has 11 heteroatoms. The summed E-state index contributed by atoms with van der Waals surface area (Å²) in [5.41, 5.74) is 1.73. The maximum Gasteiger partial charge on any atom is 0.244 e. The van der Waals surface area contributed by atoms with Crippen molar-refractivity contribution < 1.29 is 22.7 Å². The molecule has 0 unspecified atom stereocenters. The predicted molar refractivity (Wildman–Crippen MR) is 159 cm³/mol. The molecule has 0 spiro atoms. The number of nitrogens with zero attached hydrogens (tertiary/aromatic N) is 2. The van der Waals surface area contributed by atoms with E-state index in [2.05, 4.69) is 5.32 Å². The lowest BCUT2D eigenvalue weighted by molar-refractivity contribution is -0.139. The maximum absolute atomic E-state index is 13.7. The summed E-state index contributed by atoms with van der Waals surface area (Å²) in [5, 5.41) is 3.45. The van der Waals surface area contributed by atoms with Gasteiger partial charge in [-0.3, -0.25) is 13.9 Å². The summed E-state index contributed by atoms with van der Waals surface area (Å²) in [6.07, 6.45) is 1.74. The summed E-state index contributed by atoms with van der Waals surface area (Å²) in [6, 6.07) is 20.1. The minimum Gasteiger partial charge on any atom is -0.489 e. The number of benzene rings is 3. The average Bonchev–Trinajstić information content (AvgIpc) is 2.93. The van der Waals surface area contributed by atoms with Gasteiger partial charge in [-0.2, -0.15) is 0 Å². The topological polar surface area (TPSA) is 96.0 Å². The van der Waals surface area contributed by atoms with Crippen LogP contribution in [-0.2, 0) is 32.8 Å². The fourth-order valence-corrected chi connectivity index (χ4v) is 5.26. The van der Waals surface area contributed by atoms with Gasteiger partial charge in [0.2, 0.25) is 21.8 Å². The molecule has 1 N–H and O–H groups in total. The van der Waals surface area contributed by atoms with Crippen molar-refractivity contribution in [3.63, 3.8) is 0 Å². The maximum atomic E-state index is 13.7. The zero-order valence-electron chi connectivity index (χ0n) is 22.6. The zero-order valence-corrected chi connectivity index (χ0v) is 25.0. The highest BCUT2D eigenvalue weighted by Crippen LogP contribution is 2.27. The first-order valence-electron chi connectivity index (χ1n) is 12.8. The summed E-state index contributed by atoms with van der Waals surface area (Å²) in [4.78, 5) is 27.8. The molecule has 3 rings (SSSR count). The predicted octanol–water partition coefficient (Wildman–Crippen LogP) is 5.28. The molecule has 2 amide bonds. The van der Waals surface area contributed by atoms with E-state index in [-0.39, 0.29) is 18.1 Å². The lowest BCUT2D eigenvalue weighted by Gasteiger charge is -2.32. The molecular weight excluding hydrogens is 573 g/mol. The van der Waals surface area contributed by atoms with Crippen LogP contribution < -0.4 is 14.4 Å². The summed E-state index contributed by atoms with van der Waals surface area (Å²) in [6.45, 7) is 3.67. The number of hydrogen-bond donors (Lipinski definition) is 1. The van der Waals surface area contributed by atoms with Crippen molar-refractivity contribution in [3.05, 3.63) is 94.0 Å². The second-order valence-electron chi connectivity index (χ2n) is 9.23. The van der Waals surface area contributed by atoms with Gasteiger partial charge in [0.25, 0.3) is 0 Å². The van der Waals surface area contributed by atoms with Gasteiger partial charge < -0.3 is 15.0 Å². The minimum absolute atomic E-state index is 0.0814. The summed E-state index contributed by atoms with van der Waals surface area (Å²) in [5.74, 6) is -0.419. The van der Waals surface area contributed by atoms with Crippen LogP contribution in [0.2, 0.25) is 10.0 Å². The van der Waals surface area contributed by atoms with Crippen molar-refractivity contribution in [1.82, 2.24) is 10.2 Å². The van der Waals surface area contributed by atoms with Crippen LogP contribution in [0.5, 0.6) is 5.75 Å². The number of hydrogen-bond acceptors (Lipinski definition) is 5. The van der Waals surface area contributed by atoms with Gasteiger partial charge in [0.05, 0.1) is 11.9 Å². The summed E-state index contributed by atoms with van der Waals surface area (Å²) < 4.78 is 32.4. The Morgan fingerprint density at radius 2 is 1.57 bits per heavy atom. The van der Waals surface area contributed by atoms with Crippen molar-refractivity contribution in [2.24, 2.45) is 0 Å². The standard InChI is InChI=1S/C29H33Cl2N3O5S/c1-4-17-32-29(36)21(2)33(18-25-26(30)11-8-12-27(25)31)28(35)19-34(40(3,37)38)23-13-15-24(16-14-23)39-20-22-9-6-5-7-10-22/h5-16,21H,4,17-20H2,1-3H3,(H,32,36)/t21-/m0/s1. The van der Waals surface area contributed by atoms with Crippen molar-refractivity contribution in [1.29, 1.82) is 0 Å². The van der Waals surface area contributed by atoms with Gasteiger partial charge in [-0.05, 0) is 55.3 Å². The number of halogens is 2. The van der Waals surface area contributed by atoms with E-state index >= 15 is 0 Å². The quantitative estimate of drug-likeness (QED) is 0.286. The molecule has 0 saturated heterocycles. The van der Waals surface area contributed by atoms with E-state index < -0.39 is 28.5 Å². The van der Waals surface area contributed by atoms with Crippen molar-refractivity contribution >= 4 is 50.7 Å². The monoisotopic (exact) mass is 605 g/mol. The summed E-state index contributed by atoms with van der Waals surface area (Å²) in [7, 11) is -3.87. The highest BCUT2D eigenvalue weighted by Gasteiger charge is 2.30. The van der Waals surface area contributed by atoms with Crippen LogP contribution in [0.4, 0.5) is 5.69 Å². The third-order valence-electron chi connectivity index (χ3n) is 6.16. The zero-order chi connectivity index (χ0) is 29.3. The number of nitrogens with one attached hydrogen (secondary N) is 1. The molecule has 0 radical (unpaired) electrons. The Morgan fingerprint density at radius 1 is 0.950 bits per heavy atom. The minimum atomic E-state index is -3.87. The molecule has 0 aliphatic heterocycles. The van der Waals surface area contributed by atoms with Gasteiger partial charge in [-0.1, -0.05) is 66.5 Å². The van der Waals surface area contributed by atoms with Crippen LogP contribution in [0.3, 0.4) is 0 Å². The van der Waals surface area contributed by atoms with Crippen LogP contribution >= 0.6 is 23.2 Å².